The first-order valence-corrected chi connectivity index (χ1v) is 20.7. The van der Waals surface area contributed by atoms with Gasteiger partial charge in [-0.15, -0.1) is 0 Å². The van der Waals surface area contributed by atoms with Crippen LogP contribution in [0.25, 0.3) is 76.9 Å². The first kappa shape index (κ1) is 34.5. The van der Waals surface area contributed by atoms with Gasteiger partial charge in [0.2, 0.25) is 0 Å². The summed E-state index contributed by atoms with van der Waals surface area (Å²) in [5.74, 6) is 1.44. The van der Waals surface area contributed by atoms with Gasteiger partial charge in [-0.1, -0.05) is 166 Å². The fraction of sp³-hybridized carbons (Fsp3) is 0.0714. The lowest BCUT2D eigenvalue weighted by Crippen LogP contribution is -2.33. The van der Waals surface area contributed by atoms with E-state index in [1.54, 1.807) is 0 Å². The van der Waals surface area contributed by atoms with Crippen molar-refractivity contribution in [1.29, 1.82) is 0 Å². The molecule has 2 aliphatic rings. The zero-order chi connectivity index (χ0) is 40.0. The number of rotatable bonds is 5. The van der Waals surface area contributed by atoms with Crippen LogP contribution >= 0.6 is 0 Å². The summed E-state index contributed by atoms with van der Waals surface area (Å²) < 4.78 is 6.68. The molecule has 60 heavy (non-hydrogen) atoms. The molecular formula is C56H39N3O. The molecule has 1 aliphatic carbocycles. The number of amidine groups is 2. The van der Waals surface area contributed by atoms with E-state index in [0.717, 1.165) is 55.6 Å². The highest BCUT2D eigenvalue weighted by molar-refractivity contribution is 6.22. The maximum atomic E-state index is 6.68. The number of aliphatic imine (C=N–C) groups is 2. The monoisotopic (exact) mass is 769 g/mol. The minimum Gasteiger partial charge on any atom is -0.456 e. The van der Waals surface area contributed by atoms with Crippen LogP contribution in [0.4, 0.5) is 0 Å². The molecule has 4 nitrogen and oxygen atoms in total. The molecule has 1 N–H and O–H groups in total. The second-order valence-electron chi connectivity index (χ2n) is 16.6. The average molecular weight is 770 g/mol. The zero-order valence-corrected chi connectivity index (χ0v) is 33.3. The third kappa shape index (κ3) is 5.38. The quantitative estimate of drug-likeness (QED) is 0.177. The SMILES string of the molecule is CC1(C)c2ccccc2-c2cc(-c3cccc(C4N=C(c5cccc6oc7cc(-c8cc9ccccc9c9ccccc89)ccc7c56)N=C(c5ccccc5)N4)c3)ccc21. The molecule has 0 spiro atoms. The summed E-state index contributed by atoms with van der Waals surface area (Å²) in [5, 5.41) is 10.7. The molecule has 0 bridgehead atoms. The second-order valence-corrected chi connectivity index (χ2v) is 16.6. The van der Waals surface area contributed by atoms with Gasteiger partial charge < -0.3 is 9.73 Å². The van der Waals surface area contributed by atoms with Crippen LogP contribution in [0.2, 0.25) is 0 Å². The molecule has 4 heteroatoms. The van der Waals surface area contributed by atoms with Crippen molar-refractivity contribution < 1.29 is 4.42 Å². The Morgan fingerprint density at radius 2 is 1.17 bits per heavy atom. The number of hydrogen-bond acceptors (Lipinski definition) is 4. The van der Waals surface area contributed by atoms with E-state index >= 15 is 0 Å². The molecule has 1 aliphatic heterocycles. The lowest BCUT2D eigenvalue weighted by atomic mass is 9.82. The van der Waals surface area contributed by atoms with Crippen LogP contribution in [-0.2, 0) is 5.41 Å². The van der Waals surface area contributed by atoms with E-state index < -0.39 is 0 Å². The summed E-state index contributed by atoms with van der Waals surface area (Å²) in [6.07, 6.45) is -0.372. The van der Waals surface area contributed by atoms with Crippen LogP contribution in [0.3, 0.4) is 0 Å². The maximum Gasteiger partial charge on any atom is 0.160 e. The van der Waals surface area contributed by atoms with Crippen LogP contribution in [-0.4, -0.2) is 11.7 Å². The Bertz CT molecular complexity index is 3440. The Morgan fingerprint density at radius 1 is 0.467 bits per heavy atom. The van der Waals surface area contributed by atoms with Crippen LogP contribution in [0.1, 0.15) is 47.8 Å². The van der Waals surface area contributed by atoms with Gasteiger partial charge in [-0.3, -0.25) is 0 Å². The van der Waals surface area contributed by atoms with Crippen molar-refractivity contribution in [3.8, 4) is 33.4 Å². The van der Waals surface area contributed by atoms with Crippen molar-refractivity contribution in [2.45, 2.75) is 25.4 Å². The third-order valence-electron chi connectivity index (χ3n) is 12.7. The fourth-order valence-corrected chi connectivity index (χ4v) is 9.74. The summed E-state index contributed by atoms with van der Waals surface area (Å²) in [4.78, 5) is 10.6. The topological polar surface area (TPSA) is 49.9 Å². The summed E-state index contributed by atoms with van der Waals surface area (Å²) >= 11 is 0. The first-order valence-electron chi connectivity index (χ1n) is 20.7. The van der Waals surface area contributed by atoms with Crippen molar-refractivity contribution in [3.05, 3.63) is 216 Å². The molecule has 0 saturated heterocycles. The highest BCUT2D eigenvalue weighted by Crippen LogP contribution is 2.49. The molecule has 0 amide bonds. The molecule has 0 fully saturated rings. The van der Waals surface area contributed by atoms with Crippen molar-refractivity contribution in [3.63, 3.8) is 0 Å². The molecule has 12 rings (SSSR count). The number of hydrogen-bond donors (Lipinski definition) is 1. The molecule has 1 atom stereocenters. The smallest absolute Gasteiger partial charge is 0.160 e. The molecular weight excluding hydrogens is 731 g/mol. The highest BCUT2D eigenvalue weighted by Gasteiger charge is 2.35. The molecule has 9 aromatic carbocycles. The molecule has 1 unspecified atom stereocenters. The predicted octanol–water partition coefficient (Wildman–Crippen LogP) is 14.0. The van der Waals surface area contributed by atoms with Crippen molar-refractivity contribution >= 4 is 55.2 Å². The van der Waals surface area contributed by atoms with E-state index in [2.05, 4.69) is 189 Å². The predicted molar refractivity (Wildman–Crippen MR) is 249 cm³/mol. The molecule has 10 aromatic rings. The molecule has 0 saturated carbocycles. The Kier molecular flexibility index (Phi) is 7.61. The Balaban J connectivity index is 0.972. The minimum atomic E-state index is -0.372. The number of nitrogens with one attached hydrogen (secondary N) is 1. The fourth-order valence-electron chi connectivity index (χ4n) is 9.74. The number of benzene rings is 9. The summed E-state index contributed by atoms with van der Waals surface area (Å²) in [6.45, 7) is 4.65. The Labute approximate surface area is 348 Å². The van der Waals surface area contributed by atoms with Gasteiger partial charge in [0.1, 0.15) is 23.2 Å². The van der Waals surface area contributed by atoms with Crippen LogP contribution < -0.4 is 5.32 Å². The van der Waals surface area contributed by atoms with Gasteiger partial charge in [-0.25, -0.2) is 9.98 Å². The van der Waals surface area contributed by atoms with Gasteiger partial charge >= 0.3 is 0 Å². The zero-order valence-electron chi connectivity index (χ0n) is 33.3. The third-order valence-corrected chi connectivity index (χ3v) is 12.7. The minimum absolute atomic E-state index is 0.0335. The van der Waals surface area contributed by atoms with E-state index in [1.807, 2.05) is 18.2 Å². The maximum absolute atomic E-state index is 6.68. The average Bonchev–Trinajstić information content (AvgIpc) is 3.80. The van der Waals surface area contributed by atoms with Gasteiger partial charge in [-0.05, 0) is 108 Å². The van der Waals surface area contributed by atoms with Gasteiger partial charge in [0, 0.05) is 27.3 Å². The Morgan fingerprint density at radius 3 is 2.07 bits per heavy atom. The van der Waals surface area contributed by atoms with E-state index in [0.29, 0.717) is 5.84 Å². The van der Waals surface area contributed by atoms with Gasteiger partial charge in [-0.2, -0.15) is 0 Å². The summed E-state index contributed by atoms with van der Waals surface area (Å²) in [7, 11) is 0. The van der Waals surface area contributed by atoms with Crippen molar-refractivity contribution in [2.24, 2.45) is 9.98 Å². The normalized spacial score (nSPS) is 15.5. The standard InChI is InChI=1S/C56H39N3O/c1-56(2)48-24-11-10-22-43(48)47-31-36(27-29-49(47)56)35-17-12-18-39(30-35)54-57-53(34-14-4-3-5-15-34)58-55(59-54)45-23-13-25-50-52(45)44-28-26-38(33-51(44)60-50)46-32-37-16-6-7-19-40(37)41-20-8-9-21-42(41)46/h3-33,54H,1-2H3,(H,57,58,59). The number of fused-ring (bicyclic) bond motifs is 9. The van der Waals surface area contributed by atoms with E-state index in [1.165, 1.54) is 54.9 Å². The van der Waals surface area contributed by atoms with Crippen LogP contribution in [0.5, 0.6) is 0 Å². The second kappa shape index (κ2) is 13.2. The molecule has 0 radical (unpaired) electrons. The van der Waals surface area contributed by atoms with Crippen molar-refractivity contribution in [1.82, 2.24) is 5.32 Å². The number of nitrogens with zero attached hydrogens (tertiary/aromatic N) is 2. The van der Waals surface area contributed by atoms with Crippen LogP contribution in [0.15, 0.2) is 202 Å². The summed E-state index contributed by atoms with van der Waals surface area (Å²) in [6, 6.07) is 67.3. The van der Waals surface area contributed by atoms with Gasteiger partial charge in [0.05, 0.1) is 0 Å². The first-order chi connectivity index (χ1) is 29.5. The van der Waals surface area contributed by atoms with E-state index in [-0.39, 0.29) is 11.6 Å². The van der Waals surface area contributed by atoms with E-state index in [4.69, 9.17) is 14.4 Å². The molecule has 284 valence electrons. The summed E-state index contributed by atoms with van der Waals surface area (Å²) in [5.41, 5.74) is 14.6. The lowest BCUT2D eigenvalue weighted by Gasteiger charge is -2.24. The number of furan rings is 1. The molecule has 1 aromatic heterocycles. The molecule has 2 heterocycles. The highest BCUT2D eigenvalue weighted by atomic mass is 16.3. The van der Waals surface area contributed by atoms with Crippen molar-refractivity contribution in [2.75, 3.05) is 0 Å². The van der Waals surface area contributed by atoms with Gasteiger partial charge in [0.15, 0.2) is 5.84 Å². The lowest BCUT2D eigenvalue weighted by molar-refractivity contribution is 0.660. The largest absolute Gasteiger partial charge is 0.456 e. The Hall–Kier alpha value is -7.56. The van der Waals surface area contributed by atoms with E-state index in [9.17, 15) is 0 Å². The van der Waals surface area contributed by atoms with Gasteiger partial charge in [0.25, 0.3) is 0 Å². The van der Waals surface area contributed by atoms with Crippen LogP contribution in [0, 0.1) is 0 Å².